The fourth-order valence-corrected chi connectivity index (χ4v) is 2.99. The largest absolute Gasteiger partial charge is 0.397 e. The number of anilines is 2. The third-order valence-corrected chi connectivity index (χ3v) is 4.11. The molecule has 1 aromatic carbocycles. The molecule has 1 heterocycles. The minimum Gasteiger partial charge on any atom is -0.397 e. The molecule has 1 fully saturated rings. The minimum atomic E-state index is 0.749. The topological polar surface area (TPSA) is 50.9 Å². The van der Waals surface area contributed by atoms with Crippen molar-refractivity contribution in [2.24, 2.45) is 5.92 Å². The van der Waals surface area contributed by atoms with Crippen LogP contribution in [0.15, 0.2) is 30.5 Å². The lowest BCUT2D eigenvalue weighted by Crippen LogP contribution is -2.17. The molecule has 1 aliphatic carbocycles. The zero-order valence-corrected chi connectivity index (χ0v) is 11.2. The first-order valence-corrected chi connectivity index (χ1v) is 7.21. The molecule has 3 N–H and O–H groups in total. The molecular formula is C16H21N3. The molecule has 0 unspecified atom stereocenters. The van der Waals surface area contributed by atoms with E-state index in [2.05, 4.69) is 22.4 Å². The Morgan fingerprint density at radius 2 is 2.00 bits per heavy atom. The molecular weight excluding hydrogens is 234 g/mol. The van der Waals surface area contributed by atoms with Gasteiger partial charge in [-0.15, -0.1) is 0 Å². The molecule has 0 bridgehead atoms. The van der Waals surface area contributed by atoms with Gasteiger partial charge in [-0.2, -0.15) is 0 Å². The highest BCUT2D eigenvalue weighted by molar-refractivity contribution is 5.98. The van der Waals surface area contributed by atoms with Crippen molar-refractivity contribution in [3.05, 3.63) is 30.5 Å². The van der Waals surface area contributed by atoms with Gasteiger partial charge in [-0.3, -0.25) is 4.98 Å². The number of nitrogen functional groups attached to an aromatic ring is 1. The zero-order chi connectivity index (χ0) is 13.1. The molecule has 1 aromatic heterocycles. The highest BCUT2D eigenvalue weighted by atomic mass is 14.9. The molecule has 3 heteroatoms. The van der Waals surface area contributed by atoms with Crippen molar-refractivity contribution in [1.82, 2.24) is 4.98 Å². The average Bonchev–Trinajstić information content (AvgIpc) is 2.48. The van der Waals surface area contributed by atoms with E-state index in [9.17, 15) is 0 Å². The first-order valence-electron chi connectivity index (χ1n) is 7.21. The number of hydrogen-bond acceptors (Lipinski definition) is 3. The molecule has 1 saturated carbocycles. The van der Waals surface area contributed by atoms with E-state index >= 15 is 0 Å². The summed E-state index contributed by atoms with van der Waals surface area (Å²) in [5, 5.41) is 4.71. The highest BCUT2D eigenvalue weighted by Gasteiger charge is 2.13. The van der Waals surface area contributed by atoms with Crippen molar-refractivity contribution >= 4 is 22.3 Å². The number of aromatic nitrogens is 1. The van der Waals surface area contributed by atoms with Crippen LogP contribution in [0, 0.1) is 5.92 Å². The molecule has 0 amide bonds. The Morgan fingerprint density at radius 1 is 1.16 bits per heavy atom. The summed E-state index contributed by atoms with van der Waals surface area (Å²) in [6.45, 7) is 1.06. The van der Waals surface area contributed by atoms with Crippen molar-refractivity contribution in [3.8, 4) is 0 Å². The molecule has 0 saturated heterocycles. The van der Waals surface area contributed by atoms with Gasteiger partial charge < -0.3 is 11.1 Å². The summed E-state index contributed by atoms with van der Waals surface area (Å²) in [6.07, 6.45) is 8.69. The maximum Gasteiger partial charge on any atom is 0.0951 e. The first kappa shape index (κ1) is 12.3. The van der Waals surface area contributed by atoms with Crippen LogP contribution in [0.4, 0.5) is 11.4 Å². The number of fused-ring (bicyclic) bond motifs is 1. The lowest BCUT2D eigenvalue weighted by Gasteiger charge is -2.22. The van der Waals surface area contributed by atoms with Crippen LogP contribution in [-0.2, 0) is 0 Å². The Balaban J connectivity index is 1.79. The van der Waals surface area contributed by atoms with Crippen LogP contribution < -0.4 is 11.1 Å². The van der Waals surface area contributed by atoms with Gasteiger partial charge in [-0.1, -0.05) is 19.3 Å². The molecule has 2 aromatic rings. The normalized spacial score (nSPS) is 16.6. The van der Waals surface area contributed by atoms with Crippen LogP contribution in [0.5, 0.6) is 0 Å². The Labute approximate surface area is 114 Å². The molecule has 19 heavy (non-hydrogen) atoms. The molecule has 3 nitrogen and oxygen atoms in total. The fraction of sp³-hybridized carbons (Fsp3) is 0.438. The van der Waals surface area contributed by atoms with Crippen molar-refractivity contribution in [3.63, 3.8) is 0 Å². The predicted octanol–water partition coefficient (Wildman–Crippen LogP) is 3.81. The molecule has 0 radical (unpaired) electrons. The van der Waals surface area contributed by atoms with Gasteiger partial charge in [0, 0.05) is 23.8 Å². The summed E-state index contributed by atoms with van der Waals surface area (Å²) in [7, 11) is 0. The van der Waals surface area contributed by atoms with Gasteiger partial charge in [-0.05, 0) is 43.0 Å². The van der Waals surface area contributed by atoms with E-state index < -0.39 is 0 Å². The SMILES string of the molecule is Nc1ccc(NCC2CCCCC2)c2cccnc12. The second-order valence-electron chi connectivity index (χ2n) is 5.49. The van der Waals surface area contributed by atoms with Crippen LogP contribution in [0.25, 0.3) is 10.9 Å². The number of nitrogens with one attached hydrogen (secondary N) is 1. The number of benzene rings is 1. The summed E-state index contributed by atoms with van der Waals surface area (Å²) in [5.41, 5.74) is 8.78. The van der Waals surface area contributed by atoms with E-state index in [0.29, 0.717) is 0 Å². The maximum absolute atomic E-state index is 5.97. The van der Waals surface area contributed by atoms with Gasteiger partial charge in [0.1, 0.15) is 0 Å². The van der Waals surface area contributed by atoms with Gasteiger partial charge >= 0.3 is 0 Å². The number of nitrogens with zero attached hydrogens (tertiary/aromatic N) is 1. The number of pyridine rings is 1. The monoisotopic (exact) mass is 255 g/mol. The molecule has 0 atom stereocenters. The summed E-state index contributed by atoms with van der Waals surface area (Å²) < 4.78 is 0. The number of rotatable bonds is 3. The Morgan fingerprint density at radius 3 is 2.84 bits per heavy atom. The van der Waals surface area contributed by atoms with Gasteiger partial charge in [-0.25, -0.2) is 0 Å². The van der Waals surface area contributed by atoms with Crippen LogP contribution in [-0.4, -0.2) is 11.5 Å². The van der Waals surface area contributed by atoms with E-state index in [1.807, 2.05) is 12.1 Å². The average molecular weight is 255 g/mol. The van der Waals surface area contributed by atoms with Crippen molar-refractivity contribution < 1.29 is 0 Å². The summed E-state index contributed by atoms with van der Waals surface area (Å²) in [4.78, 5) is 4.37. The molecule has 0 spiro atoms. The van der Waals surface area contributed by atoms with Crippen LogP contribution in [0.1, 0.15) is 32.1 Å². The van der Waals surface area contributed by atoms with Gasteiger partial charge in [0.05, 0.1) is 11.2 Å². The third-order valence-electron chi connectivity index (χ3n) is 4.11. The predicted molar refractivity (Wildman–Crippen MR) is 81.2 cm³/mol. The van der Waals surface area contributed by atoms with Gasteiger partial charge in [0.15, 0.2) is 0 Å². The molecule has 3 rings (SSSR count). The van der Waals surface area contributed by atoms with E-state index in [0.717, 1.165) is 34.7 Å². The molecule has 100 valence electrons. The van der Waals surface area contributed by atoms with Crippen molar-refractivity contribution in [1.29, 1.82) is 0 Å². The standard InChI is InChI=1S/C16H21N3/c17-14-8-9-15(13-7-4-10-18-16(13)14)19-11-12-5-2-1-3-6-12/h4,7-10,12,19H,1-3,5-6,11,17H2. The first-order chi connectivity index (χ1) is 9.34. The Bertz CT molecular complexity index is 559. The molecule has 0 aliphatic heterocycles. The van der Waals surface area contributed by atoms with Crippen LogP contribution in [0.2, 0.25) is 0 Å². The van der Waals surface area contributed by atoms with Crippen molar-refractivity contribution in [2.75, 3.05) is 17.6 Å². The number of nitrogens with two attached hydrogens (primary N) is 1. The smallest absolute Gasteiger partial charge is 0.0951 e. The Hall–Kier alpha value is -1.77. The quantitative estimate of drug-likeness (QED) is 0.820. The van der Waals surface area contributed by atoms with Crippen LogP contribution in [0.3, 0.4) is 0 Å². The Kier molecular flexibility index (Phi) is 3.53. The lowest BCUT2D eigenvalue weighted by molar-refractivity contribution is 0.373. The van der Waals surface area contributed by atoms with Crippen LogP contribution >= 0.6 is 0 Å². The summed E-state index contributed by atoms with van der Waals surface area (Å²) >= 11 is 0. The highest BCUT2D eigenvalue weighted by Crippen LogP contribution is 2.28. The zero-order valence-electron chi connectivity index (χ0n) is 11.2. The van der Waals surface area contributed by atoms with E-state index in [4.69, 9.17) is 5.73 Å². The second kappa shape index (κ2) is 5.47. The third kappa shape index (κ3) is 2.65. The van der Waals surface area contributed by atoms with Gasteiger partial charge in [0.2, 0.25) is 0 Å². The molecule has 1 aliphatic rings. The number of hydrogen-bond donors (Lipinski definition) is 2. The fourth-order valence-electron chi connectivity index (χ4n) is 2.99. The van der Waals surface area contributed by atoms with E-state index in [-0.39, 0.29) is 0 Å². The van der Waals surface area contributed by atoms with E-state index in [1.54, 1.807) is 6.20 Å². The van der Waals surface area contributed by atoms with Gasteiger partial charge in [0.25, 0.3) is 0 Å². The maximum atomic E-state index is 5.97. The lowest BCUT2D eigenvalue weighted by atomic mass is 9.89. The van der Waals surface area contributed by atoms with E-state index in [1.165, 1.54) is 32.1 Å². The minimum absolute atomic E-state index is 0.749. The second-order valence-corrected chi connectivity index (χ2v) is 5.49. The van der Waals surface area contributed by atoms with Crippen molar-refractivity contribution in [2.45, 2.75) is 32.1 Å². The summed E-state index contributed by atoms with van der Waals surface area (Å²) in [5.74, 6) is 0.818. The summed E-state index contributed by atoms with van der Waals surface area (Å²) in [6, 6.07) is 8.07.